The van der Waals surface area contributed by atoms with Crippen molar-refractivity contribution in [2.24, 2.45) is 0 Å². The maximum Gasteiger partial charge on any atom is 0.0724 e. The third kappa shape index (κ3) is 1.82. The first kappa shape index (κ1) is 8.72. The minimum Gasteiger partial charge on any atom is -0.256 e. The van der Waals surface area contributed by atoms with Gasteiger partial charge in [-0.3, -0.25) is 4.98 Å². The van der Waals surface area contributed by atoms with E-state index in [1.165, 1.54) is 0 Å². The van der Waals surface area contributed by atoms with Crippen molar-refractivity contribution in [1.29, 1.82) is 0 Å². The molecule has 0 aliphatic heterocycles. The maximum absolute atomic E-state index is 4.25. The van der Waals surface area contributed by atoms with E-state index >= 15 is 0 Å². The van der Waals surface area contributed by atoms with Crippen LogP contribution in [0.2, 0.25) is 0 Å². The second-order valence-corrected chi connectivity index (χ2v) is 2.69. The summed E-state index contributed by atoms with van der Waals surface area (Å²) in [6.45, 7) is 7.94. The lowest BCUT2D eigenvalue weighted by Gasteiger charge is -1.91. The quantitative estimate of drug-likeness (QED) is 0.600. The molecule has 1 heterocycles. The van der Waals surface area contributed by atoms with Crippen LogP contribution >= 0.6 is 0 Å². The Morgan fingerprint density at radius 2 is 2.33 bits per heavy atom. The number of hydrogen-bond donors (Lipinski definition) is 0. The highest BCUT2D eigenvalue weighted by atomic mass is 14.6. The van der Waals surface area contributed by atoms with Crippen LogP contribution in [-0.2, 0) is 0 Å². The molecule has 0 N–H and O–H groups in total. The first-order chi connectivity index (χ1) is 5.75. The first-order valence-corrected chi connectivity index (χ1v) is 3.99. The molecule has 0 atom stereocenters. The second-order valence-electron chi connectivity index (χ2n) is 2.69. The highest BCUT2D eigenvalue weighted by Gasteiger charge is 1.86. The summed E-state index contributed by atoms with van der Waals surface area (Å²) >= 11 is 0. The molecule has 12 heavy (non-hydrogen) atoms. The van der Waals surface area contributed by atoms with Crippen LogP contribution in [-0.4, -0.2) is 4.98 Å². The molecule has 0 saturated carbocycles. The molecule has 1 aromatic rings. The van der Waals surface area contributed by atoms with E-state index in [0.717, 1.165) is 16.1 Å². The Hall–Kier alpha value is -1.37. The van der Waals surface area contributed by atoms with E-state index in [1.54, 1.807) is 6.20 Å². The Bertz CT molecular complexity index is 388. The van der Waals surface area contributed by atoms with E-state index in [9.17, 15) is 0 Å². The van der Waals surface area contributed by atoms with Crippen molar-refractivity contribution in [2.45, 2.75) is 13.8 Å². The van der Waals surface area contributed by atoms with Gasteiger partial charge < -0.3 is 0 Å². The molecule has 0 bridgehead atoms. The third-order valence-electron chi connectivity index (χ3n) is 1.68. The minimum atomic E-state index is 0.980. The second kappa shape index (κ2) is 3.86. The zero-order chi connectivity index (χ0) is 8.97. The number of rotatable bonds is 1. The average Bonchev–Trinajstić information content (AvgIpc) is 2.05. The Morgan fingerprint density at radius 3 is 2.92 bits per heavy atom. The van der Waals surface area contributed by atoms with Crippen molar-refractivity contribution in [1.82, 2.24) is 4.98 Å². The molecule has 0 amide bonds. The summed E-state index contributed by atoms with van der Waals surface area (Å²) in [7, 11) is 0. The summed E-state index contributed by atoms with van der Waals surface area (Å²) < 4.78 is 0. The Morgan fingerprint density at radius 1 is 1.58 bits per heavy atom. The van der Waals surface area contributed by atoms with Crippen molar-refractivity contribution in [2.75, 3.05) is 0 Å². The number of nitrogens with zero attached hydrogens (tertiary/aromatic N) is 1. The number of aromatic nitrogens is 1. The van der Waals surface area contributed by atoms with Crippen LogP contribution in [0.15, 0.2) is 30.5 Å². The summed E-state index contributed by atoms with van der Waals surface area (Å²) in [5, 5.41) is 1.96. The van der Waals surface area contributed by atoms with Crippen LogP contribution in [0.25, 0.3) is 12.2 Å². The molecular formula is C11H13N. The molecule has 1 aromatic heterocycles. The van der Waals surface area contributed by atoms with Crippen molar-refractivity contribution in [3.63, 3.8) is 0 Å². The van der Waals surface area contributed by atoms with Gasteiger partial charge in [-0.25, -0.2) is 0 Å². The van der Waals surface area contributed by atoms with Gasteiger partial charge >= 0.3 is 0 Å². The molecule has 62 valence electrons. The normalized spacial score (nSPS) is 13.5. The standard InChI is InChI=1S/C11H13N/c1-4-6-9(2)11-10(3)7-5-8-12-11/h4-8H,3H2,1-2H3/b6-4-,11-9+. The van der Waals surface area contributed by atoms with E-state index < -0.39 is 0 Å². The molecule has 0 radical (unpaired) electrons. The molecule has 0 unspecified atom stereocenters. The number of hydrogen-bond acceptors (Lipinski definition) is 1. The van der Waals surface area contributed by atoms with E-state index in [-0.39, 0.29) is 0 Å². The monoisotopic (exact) mass is 159 g/mol. The summed E-state index contributed by atoms with van der Waals surface area (Å²) in [4.78, 5) is 4.25. The Kier molecular flexibility index (Phi) is 2.81. The zero-order valence-electron chi connectivity index (χ0n) is 7.54. The molecular weight excluding hydrogens is 146 g/mol. The van der Waals surface area contributed by atoms with Gasteiger partial charge in [0.25, 0.3) is 0 Å². The van der Waals surface area contributed by atoms with Gasteiger partial charge in [0, 0.05) is 6.20 Å². The molecule has 0 fully saturated rings. The molecule has 0 aromatic carbocycles. The van der Waals surface area contributed by atoms with Crippen LogP contribution < -0.4 is 10.6 Å². The van der Waals surface area contributed by atoms with E-state index in [1.807, 2.05) is 38.1 Å². The Labute approximate surface area is 72.8 Å². The van der Waals surface area contributed by atoms with E-state index in [0.29, 0.717) is 0 Å². The van der Waals surface area contributed by atoms with Gasteiger partial charge in [-0.15, -0.1) is 0 Å². The summed E-state index contributed by atoms with van der Waals surface area (Å²) in [6, 6.07) is 3.87. The SMILES string of the molecule is C=c1cccn/c1=C(C)/C=C\C. The summed E-state index contributed by atoms with van der Waals surface area (Å²) in [5.74, 6) is 0. The lowest BCUT2D eigenvalue weighted by atomic mass is 10.2. The van der Waals surface area contributed by atoms with Crippen molar-refractivity contribution in [3.05, 3.63) is 41.0 Å². The summed E-state index contributed by atoms with van der Waals surface area (Å²) in [6.07, 6.45) is 5.83. The van der Waals surface area contributed by atoms with Gasteiger partial charge in [-0.2, -0.15) is 0 Å². The molecule has 0 spiro atoms. The fourth-order valence-electron chi connectivity index (χ4n) is 1.12. The molecule has 0 saturated heterocycles. The molecule has 1 rings (SSSR count). The van der Waals surface area contributed by atoms with Gasteiger partial charge in [-0.05, 0) is 30.7 Å². The van der Waals surface area contributed by atoms with Crippen LogP contribution in [0.3, 0.4) is 0 Å². The molecule has 1 heteroatoms. The van der Waals surface area contributed by atoms with Crippen LogP contribution in [0, 0.1) is 0 Å². The maximum atomic E-state index is 4.25. The van der Waals surface area contributed by atoms with Crippen LogP contribution in [0.5, 0.6) is 0 Å². The van der Waals surface area contributed by atoms with E-state index in [4.69, 9.17) is 0 Å². The van der Waals surface area contributed by atoms with Crippen LogP contribution in [0.1, 0.15) is 13.8 Å². The predicted octanol–water partition coefficient (Wildman–Crippen LogP) is 1.24. The highest BCUT2D eigenvalue weighted by molar-refractivity contribution is 5.52. The third-order valence-corrected chi connectivity index (χ3v) is 1.68. The van der Waals surface area contributed by atoms with Crippen LogP contribution in [0.4, 0.5) is 0 Å². The Balaban J connectivity index is 3.45. The van der Waals surface area contributed by atoms with Crippen molar-refractivity contribution in [3.8, 4) is 0 Å². The first-order valence-electron chi connectivity index (χ1n) is 3.99. The predicted molar refractivity (Wildman–Crippen MR) is 52.9 cm³/mol. The van der Waals surface area contributed by atoms with Crippen molar-refractivity contribution < 1.29 is 0 Å². The lowest BCUT2D eigenvalue weighted by Crippen LogP contribution is -2.27. The highest BCUT2D eigenvalue weighted by Crippen LogP contribution is 1.89. The van der Waals surface area contributed by atoms with Gasteiger partial charge in [-0.1, -0.05) is 24.8 Å². The van der Waals surface area contributed by atoms with Gasteiger partial charge in [0.1, 0.15) is 0 Å². The topological polar surface area (TPSA) is 12.9 Å². The zero-order valence-corrected chi connectivity index (χ0v) is 7.54. The smallest absolute Gasteiger partial charge is 0.0724 e. The molecule has 1 nitrogen and oxygen atoms in total. The van der Waals surface area contributed by atoms with Crippen molar-refractivity contribution >= 4 is 12.2 Å². The van der Waals surface area contributed by atoms with Gasteiger partial charge in [0.15, 0.2) is 0 Å². The van der Waals surface area contributed by atoms with E-state index in [2.05, 4.69) is 11.6 Å². The fraction of sp³-hybridized carbons (Fsp3) is 0.182. The number of pyridine rings is 1. The number of allylic oxidation sites excluding steroid dienone is 2. The summed E-state index contributed by atoms with van der Waals surface area (Å²) in [5.41, 5.74) is 1.16. The largest absolute Gasteiger partial charge is 0.256 e. The minimum absolute atomic E-state index is 0.980. The van der Waals surface area contributed by atoms with Gasteiger partial charge in [0.05, 0.1) is 5.35 Å². The molecule has 0 aliphatic carbocycles. The lowest BCUT2D eigenvalue weighted by molar-refractivity contribution is 1.21. The molecule has 0 aliphatic rings. The average molecular weight is 159 g/mol. The van der Waals surface area contributed by atoms with Gasteiger partial charge in [0.2, 0.25) is 0 Å². The fourth-order valence-corrected chi connectivity index (χ4v) is 1.12.